The standard InChI is InChI=1S/C22H20F3N3O6S2/c23-22(24,25)36(31,32)34-20(30)19(29)28-13-11-27(12-14-28)10-9-15-5-7-16(8-6-15)33-21-26-17-3-1-2-4-18(17)35-21/h1-8H,9-14H2. The molecular formula is C22H20F3N3O6S2. The van der Waals surface area contributed by atoms with Crippen molar-refractivity contribution in [2.45, 2.75) is 11.9 Å². The minimum absolute atomic E-state index is 0.0505. The molecule has 1 aromatic heterocycles. The molecule has 1 amide bonds. The van der Waals surface area contributed by atoms with Crippen LogP contribution in [0.5, 0.6) is 10.9 Å². The van der Waals surface area contributed by atoms with Gasteiger partial charge in [0.05, 0.1) is 10.2 Å². The first-order valence-electron chi connectivity index (χ1n) is 10.7. The largest absolute Gasteiger partial charge is 0.534 e. The quantitative estimate of drug-likeness (QED) is 0.265. The molecule has 9 nitrogen and oxygen atoms in total. The lowest BCUT2D eigenvalue weighted by Gasteiger charge is -2.34. The van der Waals surface area contributed by atoms with E-state index in [9.17, 15) is 31.2 Å². The van der Waals surface area contributed by atoms with Gasteiger partial charge in [-0.2, -0.15) is 21.6 Å². The number of alkyl halides is 3. The van der Waals surface area contributed by atoms with Crippen molar-refractivity contribution >= 4 is 43.5 Å². The maximum absolute atomic E-state index is 12.3. The van der Waals surface area contributed by atoms with Crippen molar-refractivity contribution in [3.8, 4) is 10.9 Å². The van der Waals surface area contributed by atoms with Gasteiger partial charge >= 0.3 is 27.5 Å². The van der Waals surface area contributed by atoms with Crippen molar-refractivity contribution in [3.63, 3.8) is 0 Å². The minimum atomic E-state index is -6.18. The Labute approximate surface area is 208 Å². The molecule has 36 heavy (non-hydrogen) atoms. The van der Waals surface area contributed by atoms with E-state index in [1.807, 2.05) is 53.4 Å². The first-order valence-corrected chi connectivity index (χ1v) is 12.9. The van der Waals surface area contributed by atoms with Gasteiger partial charge in [0.1, 0.15) is 5.75 Å². The summed E-state index contributed by atoms with van der Waals surface area (Å²) < 4.78 is 69.1. The number of carbonyl (C=O) groups excluding carboxylic acids is 2. The Hall–Kier alpha value is -3.23. The first kappa shape index (κ1) is 25.9. The third kappa shape index (κ3) is 6.12. The monoisotopic (exact) mass is 543 g/mol. The summed E-state index contributed by atoms with van der Waals surface area (Å²) in [5.74, 6) is -2.84. The number of nitrogens with zero attached hydrogens (tertiary/aromatic N) is 3. The Morgan fingerprint density at radius 1 is 1.00 bits per heavy atom. The lowest BCUT2D eigenvalue weighted by atomic mass is 10.1. The van der Waals surface area contributed by atoms with Crippen LogP contribution in [0.4, 0.5) is 13.2 Å². The molecule has 192 valence electrons. The van der Waals surface area contributed by atoms with E-state index in [0.29, 0.717) is 37.0 Å². The summed E-state index contributed by atoms with van der Waals surface area (Å²) in [6, 6.07) is 15.3. The number of piperazine rings is 1. The van der Waals surface area contributed by atoms with Crippen molar-refractivity contribution in [3.05, 3.63) is 54.1 Å². The van der Waals surface area contributed by atoms with Crippen molar-refractivity contribution in [2.24, 2.45) is 0 Å². The van der Waals surface area contributed by atoms with Gasteiger partial charge in [-0.1, -0.05) is 35.6 Å². The topological polar surface area (TPSA) is 106 Å². The normalized spacial score (nSPS) is 15.1. The molecule has 2 aromatic carbocycles. The summed E-state index contributed by atoms with van der Waals surface area (Å²) in [4.78, 5) is 31.0. The van der Waals surface area contributed by atoms with Gasteiger partial charge in [0.25, 0.3) is 5.19 Å². The molecule has 1 fully saturated rings. The molecule has 4 rings (SSSR count). The third-order valence-corrected chi connectivity index (χ3v) is 7.27. The van der Waals surface area contributed by atoms with Gasteiger partial charge in [0.15, 0.2) is 0 Å². The molecule has 0 bridgehead atoms. The highest BCUT2D eigenvalue weighted by molar-refractivity contribution is 7.88. The molecule has 1 saturated heterocycles. The van der Waals surface area contributed by atoms with Gasteiger partial charge in [0.2, 0.25) is 0 Å². The van der Waals surface area contributed by atoms with Crippen LogP contribution < -0.4 is 4.74 Å². The Balaban J connectivity index is 1.22. The SMILES string of the molecule is O=C(OS(=O)(=O)C(F)(F)F)C(=O)N1CCN(CCc2ccc(Oc3nc4ccccc4s3)cc2)CC1. The van der Waals surface area contributed by atoms with Crippen LogP contribution >= 0.6 is 11.3 Å². The van der Waals surface area contributed by atoms with E-state index in [0.717, 1.165) is 20.7 Å². The van der Waals surface area contributed by atoms with E-state index in [4.69, 9.17) is 4.74 Å². The number of carbonyl (C=O) groups is 2. The number of hydrogen-bond acceptors (Lipinski definition) is 9. The highest BCUT2D eigenvalue weighted by Crippen LogP contribution is 2.31. The fourth-order valence-electron chi connectivity index (χ4n) is 3.49. The predicted molar refractivity (Wildman–Crippen MR) is 124 cm³/mol. The summed E-state index contributed by atoms with van der Waals surface area (Å²) in [5, 5.41) is 0.552. The van der Waals surface area contributed by atoms with E-state index >= 15 is 0 Å². The number of para-hydroxylation sites is 1. The van der Waals surface area contributed by atoms with Gasteiger partial charge in [-0.25, -0.2) is 9.78 Å². The summed E-state index contributed by atoms with van der Waals surface area (Å²) in [6.07, 6.45) is 0.696. The fraction of sp³-hybridized carbons (Fsp3) is 0.318. The maximum Gasteiger partial charge on any atom is 0.534 e. The van der Waals surface area contributed by atoms with Gasteiger partial charge < -0.3 is 13.8 Å². The molecule has 14 heteroatoms. The lowest BCUT2D eigenvalue weighted by molar-refractivity contribution is -0.155. The molecule has 0 radical (unpaired) electrons. The van der Waals surface area contributed by atoms with Crippen molar-refractivity contribution in [2.75, 3.05) is 32.7 Å². The minimum Gasteiger partial charge on any atom is -0.431 e. The molecule has 2 heterocycles. The highest BCUT2D eigenvalue weighted by Gasteiger charge is 2.50. The molecular weight excluding hydrogens is 523 g/mol. The van der Waals surface area contributed by atoms with E-state index in [-0.39, 0.29) is 13.1 Å². The van der Waals surface area contributed by atoms with Gasteiger partial charge in [0, 0.05) is 32.7 Å². The highest BCUT2D eigenvalue weighted by atomic mass is 32.2. The Bertz CT molecular complexity index is 1320. The number of rotatable bonds is 6. The van der Waals surface area contributed by atoms with Crippen LogP contribution in [0.3, 0.4) is 0 Å². The molecule has 0 atom stereocenters. The van der Waals surface area contributed by atoms with Gasteiger partial charge in [-0.15, -0.1) is 0 Å². The molecule has 0 N–H and O–H groups in total. The zero-order valence-electron chi connectivity index (χ0n) is 18.6. The summed E-state index contributed by atoms with van der Waals surface area (Å²) in [7, 11) is -6.18. The van der Waals surface area contributed by atoms with Crippen LogP contribution in [0, 0.1) is 0 Å². The van der Waals surface area contributed by atoms with Crippen molar-refractivity contribution in [1.82, 2.24) is 14.8 Å². The number of benzene rings is 2. The Morgan fingerprint density at radius 2 is 1.67 bits per heavy atom. The van der Waals surface area contributed by atoms with Gasteiger partial charge in [-0.3, -0.25) is 9.69 Å². The Morgan fingerprint density at radius 3 is 2.31 bits per heavy atom. The number of amides is 1. The van der Waals surface area contributed by atoms with E-state index in [1.54, 1.807) is 0 Å². The summed E-state index contributed by atoms with van der Waals surface area (Å²) in [5.41, 5.74) is -3.87. The lowest BCUT2D eigenvalue weighted by Crippen LogP contribution is -2.51. The average molecular weight is 544 g/mol. The second kappa shape index (κ2) is 10.4. The third-order valence-electron chi connectivity index (χ3n) is 5.42. The summed E-state index contributed by atoms with van der Waals surface area (Å²) in [6.45, 7) is 1.48. The Kier molecular flexibility index (Phi) is 7.47. The second-order valence-electron chi connectivity index (χ2n) is 7.85. The maximum atomic E-state index is 12.3. The first-order chi connectivity index (χ1) is 17.0. The number of halogens is 3. The van der Waals surface area contributed by atoms with Crippen LogP contribution in [0.1, 0.15) is 5.56 Å². The van der Waals surface area contributed by atoms with Crippen LogP contribution in [-0.2, 0) is 30.3 Å². The van der Waals surface area contributed by atoms with E-state index < -0.39 is 27.5 Å². The number of aromatic nitrogens is 1. The molecule has 0 aliphatic carbocycles. The molecule has 3 aromatic rings. The fourth-order valence-corrected chi connectivity index (χ4v) is 4.69. The molecule has 1 aliphatic heterocycles. The molecule has 0 unspecified atom stereocenters. The summed E-state index contributed by atoms with van der Waals surface area (Å²) >= 11 is 1.46. The molecule has 0 saturated carbocycles. The number of hydrogen-bond donors (Lipinski definition) is 0. The zero-order valence-corrected chi connectivity index (χ0v) is 20.2. The molecule has 0 spiro atoms. The van der Waals surface area contributed by atoms with Crippen LogP contribution in [0.15, 0.2) is 48.5 Å². The predicted octanol–water partition coefficient (Wildman–Crippen LogP) is 3.17. The number of thiazole rings is 1. The smallest absolute Gasteiger partial charge is 0.431 e. The van der Waals surface area contributed by atoms with Crippen LogP contribution in [-0.4, -0.2) is 73.3 Å². The average Bonchev–Trinajstić information content (AvgIpc) is 3.25. The van der Waals surface area contributed by atoms with Crippen molar-refractivity contribution in [1.29, 1.82) is 0 Å². The number of ether oxygens (including phenoxy) is 1. The van der Waals surface area contributed by atoms with Gasteiger partial charge in [-0.05, 0) is 36.2 Å². The second-order valence-corrected chi connectivity index (χ2v) is 10.4. The van der Waals surface area contributed by atoms with Crippen LogP contribution in [0.2, 0.25) is 0 Å². The van der Waals surface area contributed by atoms with Crippen molar-refractivity contribution < 1.29 is 40.1 Å². The van der Waals surface area contributed by atoms with E-state index in [2.05, 4.69) is 9.17 Å². The zero-order chi connectivity index (χ0) is 25.9. The molecule has 1 aliphatic rings. The van der Waals surface area contributed by atoms with E-state index in [1.165, 1.54) is 11.3 Å². The number of fused-ring (bicyclic) bond motifs is 1. The van der Waals surface area contributed by atoms with Crippen LogP contribution in [0.25, 0.3) is 10.2 Å².